The highest BCUT2D eigenvalue weighted by Crippen LogP contribution is 2.17. The van der Waals surface area contributed by atoms with Crippen LogP contribution in [-0.4, -0.2) is 33.5 Å². The number of aliphatic hydroxyl groups excluding tert-OH is 2. The number of carboxylic acids is 1. The Morgan fingerprint density at radius 3 is 1.09 bits per heavy atom. The number of carbonyl (C=O) groups is 1. The van der Waals surface area contributed by atoms with Crippen molar-refractivity contribution in [3.63, 3.8) is 0 Å². The van der Waals surface area contributed by atoms with E-state index in [2.05, 4.69) is 6.92 Å². The molecule has 0 heterocycles. The number of aliphatic carboxylic acids is 1. The molecular formula is C30H60O4. The minimum absolute atomic E-state index is 0.252. The summed E-state index contributed by atoms with van der Waals surface area (Å²) in [6.07, 6.45) is 29.4. The van der Waals surface area contributed by atoms with Crippen LogP contribution in [0.15, 0.2) is 0 Å². The molecule has 0 radical (unpaired) electrons. The highest BCUT2D eigenvalue weighted by atomic mass is 16.4. The van der Waals surface area contributed by atoms with Gasteiger partial charge in [0.2, 0.25) is 0 Å². The first-order valence-corrected chi connectivity index (χ1v) is 15.1. The van der Waals surface area contributed by atoms with Gasteiger partial charge < -0.3 is 15.3 Å². The largest absolute Gasteiger partial charge is 0.481 e. The van der Waals surface area contributed by atoms with Crippen LogP contribution in [0.25, 0.3) is 0 Å². The second-order valence-electron chi connectivity index (χ2n) is 10.7. The van der Waals surface area contributed by atoms with Crippen LogP contribution in [-0.2, 0) is 4.79 Å². The summed E-state index contributed by atoms with van der Waals surface area (Å²) in [6.45, 7) is 2.28. The van der Waals surface area contributed by atoms with Crippen LogP contribution in [0.5, 0.6) is 0 Å². The predicted octanol–water partition coefficient (Wildman–Crippen LogP) is 8.96. The van der Waals surface area contributed by atoms with Gasteiger partial charge in [-0.25, -0.2) is 0 Å². The van der Waals surface area contributed by atoms with Gasteiger partial charge in [-0.15, -0.1) is 0 Å². The lowest BCUT2D eigenvalue weighted by Crippen LogP contribution is -2.13. The quantitative estimate of drug-likeness (QED) is 0.0968. The number of hydrogen-bond donors (Lipinski definition) is 3. The molecule has 2 atom stereocenters. The number of carboxylic acid groups (broad SMARTS) is 1. The first kappa shape index (κ1) is 33.4. The molecule has 34 heavy (non-hydrogen) atoms. The van der Waals surface area contributed by atoms with E-state index >= 15 is 0 Å². The van der Waals surface area contributed by atoms with Crippen LogP contribution in [0.3, 0.4) is 0 Å². The van der Waals surface area contributed by atoms with Gasteiger partial charge in [0, 0.05) is 6.42 Å². The molecule has 0 aromatic carbocycles. The van der Waals surface area contributed by atoms with Crippen molar-refractivity contribution in [1.82, 2.24) is 0 Å². The molecule has 4 nitrogen and oxygen atoms in total. The van der Waals surface area contributed by atoms with Crippen molar-refractivity contribution in [2.75, 3.05) is 0 Å². The fourth-order valence-electron chi connectivity index (χ4n) is 4.79. The summed E-state index contributed by atoms with van der Waals surface area (Å²) < 4.78 is 0. The van der Waals surface area contributed by atoms with Crippen LogP contribution in [0.1, 0.15) is 174 Å². The van der Waals surface area contributed by atoms with Crippen molar-refractivity contribution in [3.05, 3.63) is 0 Å². The monoisotopic (exact) mass is 484 g/mol. The molecule has 0 rings (SSSR count). The molecule has 0 aliphatic heterocycles. The Hall–Kier alpha value is -0.610. The predicted molar refractivity (Wildman–Crippen MR) is 145 cm³/mol. The summed E-state index contributed by atoms with van der Waals surface area (Å²) in [5.74, 6) is -0.696. The van der Waals surface area contributed by atoms with Crippen LogP contribution >= 0.6 is 0 Å². The van der Waals surface area contributed by atoms with E-state index in [0.29, 0.717) is 0 Å². The molecule has 0 aromatic rings. The topological polar surface area (TPSA) is 77.8 Å². The van der Waals surface area contributed by atoms with Crippen LogP contribution < -0.4 is 0 Å². The second-order valence-corrected chi connectivity index (χ2v) is 10.7. The molecule has 204 valence electrons. The Labute approximate surface area is 212 Å². The molecule has 0 saturated heterocycles. The molecule has 4 heteroatoms. The van der Waals surface area contributed by atoms with Gasteiger partial charge in [-0.3, -0.25) is 4.79 Å². The number of aliphatic hydroxyl groups is 2. The lowest BCUT2D eigenvalue weighted by Gasteiger charge is -2.14. The standard InChI is InChI=1S/C30H60O4/c1-2-3-4-5-6-7-8-9-10-11-12-14-17-20-23-28(31)26-27-29(32)24-21-18-15-13-16-19-22-25-30(33)34/h28-29,31-32H,2-27H2,1H3,(H,33,34). The van der Waals surface area contributed by atoms with Gasteiger partial charge in [-0.2, -0.15) is 0 Å². The van der Waals surface area contributed by atoms with Crippen LogP contribution in [0.4, 0.5) is 0 Å². The minimum Gasteiger partial charge on any atom is -0.481 e. The summed E-state index contributed by atoms with van der Waals surface area (Å²) >= 11 is 0. The van der Waals surface area contributed by atoms with Gasteiger partial charge >= 0.3 is 5.97 Å². The zero-order chi connectivity index (χ0) is 25.1. The van der Waals surface area contributed by atoms with Crippen molar-refractivity contribution in [3.8, 4) is 0 Å². The highest BCUT2D eigenvalue weighted by Gasteiger charge is 2.09. The van der Waals surface area contributed by atoms with Gasteiger partial charge in [-0.05, 0) is 32.1 Å². The van der Waals surface area contributed by atoms with Crippen molar-refractivity contribution in [2.24, 2.45) is 0 Å². The summed E-state index contributed by atoms with van der Waals surface area (Å²) in [5.41, 5.74) is 0. The Morgan fingerprint density at radius 2 is 0.765 bits per heavy atom. The van der Waals surface area contributed by atoms with E-state index < -0.39 is 5.97 Å². The normalized spacial score (nSPS) is 13.3. The van der Waals surface area contributed by atoms with Gasteiger partial charge in [0.1, 0.15) is 0 Å². The SMILES string of the molecule is CCCCCCCCCCCCCCCCC(O)CCC(O)CCCCCCCCCC(=O)O. The average Bonchev–Trinajstić information content (AvgIpc) is 2.81. The summed E-state index contributed by atoms with van der Waals surface area (Å²) in [4.78, 5) is 10.5. The third-order valence-electron chi connectivity index (χ3n) is 7.15. The smallest absolute Gasteiger partial charge is 0.303 e. The maximum absolute atomic E-state index is 10.5. The second kappa shape index (κ2) is 27.0. The highest BCUT2D eigenvalue weighted by molar-refractivity contribution is 5.66. The van der Waals surface area contributed by atoms with Crippen LogP contribution in [0, 0.1) is 0 Å². The Morgan fingerprint density at radius 1 is 0.471 bits per heavy atom. The van der Waals surface area contributed by atoms with Gasteiger partial charge in [0.05, 0.1) is 12.2 Å². The minimum atomic E-state index is -0.696. The van der Waals surface area contributed by atoms with Crippen molar-refractivity contribution < 1.29 is 20.1 Å². The van der Waals surface area contributed by atoms with Gasteiger partial charge in [-0.1, -0.05) is 135 Å². The van der Waals surface area contributed by atoms with Crippen molar-refractivity contribution in [1.29, 1.82) is 0 Å². The molecule has 2 unspecified atom stereocenters. The molecule has 3 N–H and O–H groups in total. The van der Waals surface area contributed by atoms with E-state index in [-0.39, 0.29) is 18.6 Å². The molecule has 0 fully saturated rings. The molecule has 0 bridgehead atoms. The lowest BCUT2D eigenvalue weighted by molar-refractivity contribution is -0.137. The molecule has 0 aromatic heterocycles. The van der Waals surface area contributed by atoms with E-state index in [1.54, 1.807) is 0 Å². The molecular weight excluding hydrogens is 424 g/mol. The van der Waals surface area contributed by atoms with Crippen LogP contribution in [0.2, 0.25) is 0 Å². The molecule has 0 spiro atoms. The van der Waals surface area contributed by atoms with E-state index in [4.69, 9.17) is 5.11 Å². The van der Waals surface area contributed by atoms with Gasteiger partial charge in [0.15, 0.2) is 0 Å². The van der Waals surface area contributed by atoms with E-state index in [1.165, 1.54) is 89.9 Å². The fraction of sp³-hybridized carbons (Fsp3) is 0.967. The van der Waals surface area contributed by atoms with Crippen molar-refractivity contribution in [2.45, 2.75) is 186 Å². The lowest BCUT2D eigenvalue weighted by atomic mass is 9.99. The Balaban J connectivity index is 3.29. The molecule has 0 saturated carbocycles. The van der Waals surface area contributed by atoms with Gasteiger partial charge in [0.25, 0.3) is 0 Å². The number of unbranched alkanes of at least 4 members (excludes halogenated alkanes) is 19. The van der Waals surface area contributed by atoms with E-state index in [0.717, 1.165) is 70.6 Å². The summed E-state index contributed by atoms with van der Waals surface area (Å²) in [5, 5.41) is 28.9. The fourth-order valence-corrected chi connectivity index (χ4v) is 4.79. The maximum Gasteiger partial charge on any atom is 0.303 e. The first-order valence-electron chi connectivity index (χ1n) is 15.1. The zero-order valence-corrected chi connectivity index (χ0v) is 22.8. The molecule has 0 aliphatic rings. The Bertz CT molecular complexity index is 413. The first-order chi connectivity index (χ1) is 16.6. The third kappa shape index (κ3) is 27.6. The number of rotatable bonds is 28. The summed E-state index contributed by atoms with van der Waals surface area (Å²) in [6, 6.07) is 0. The van der Waals surface area contributed by atoms with E-state index in [1.807, 2.05) is 0 Å². The number of hydrogen-bond acceptors (Lipinski definition) is 3. The van der Waals surface area contributed by atoms with E-state index in [9.17, 15) is 15.0 Å². The average molecular weight is 485 g/mol. The van der Waals surface area contributed by atoms with Crippen molar-refractivity contribution >= 4 is 5.97 Å². The molecule has 0 aliphatic carbocycles. The summed E-state index contributed by atoms with van der Waals surface area (Å²) in [7, 11) is 0. The Kier molecular flexibility index (Phi) is 26.5. The zero-order valence-electron chi connectivity index (χ0n) is 22.8. The molecule has 0 amide bonds. The maximum atomic E-state index is 10.5. The third-order valence-corrected chi connectivity index (χ3v) is 7.15.